The van der Waals surface area contributed by atoms with E-state index in [1.165, 1.54) is 4.90 Å². The molecule has 0 spiro atoms. The zero-order valence-electron chi connectivity index (χ0n) is 10.8. The minimum Gasteiger partial charge on any atom is -0.373 e. The summed E-state index contributed by atoms with van der Waals surface area (Å²) in [4.78, 5) is 25.1. The van der Waals surface area contributed by atoms with Crippen molar-refractivity contribution in [3.63, 3.8) is 0 Å². The number of nitrogens with one attached hydrogen (secondary N) is 1. The van der Waals surface area contributed by atoms with Gasteiger partial charge in [0.25, 0.3) is 5.91 Å². The molecule has 1 unspecified atom stereocenters. The van der Waals surface area contributed by atoms with Crippen LogP contribution in [0.2, 0.25) is 0 Å². The van der Waals surface area contributed by atoms with Crippen LogP contribution in [0.3, 0.4) is 0 Å². The highest BCUT2D eigenvalue weighted by molar-refractivity contribution is 6.06. The third-order valence-corrected chi connectivity index (χ3v) is 3.06. The summed E-state index contributed by atoms with van der Waals surface area (Å²) >= 11 is 0. The number of nitrogens with zero attached hydrogens (tertiary/aromatic N) is 1. The fourth-order valence-corrected chi connectivity index (χ4v) is 2.15. The molecule has 1 aliphatic heterocycles. The van der Waals surface area contributed by atoms with E-state index < -0.39 is 6.04 Å². The number of carbonyl (C=O) groups excluding carboxylic acids is 2. The highest BCUT2D eigenvalue weighted by Crippen LogP contribution is 2.19. The number of imide groups is 1. The van der Waals surface area contributed by atoms with Crippen LogP contribution in [0.15, 0.2) is 24.3 Å². The van der Waals surface area contributed by atoms with Gasteiger partial charge < -0.3 is 5.32 Å². The molecule has 4 heteroatoms. The van der Waals surface area contributed by atoms with Crippen LogP contribution in [0.5, 0.6) is 0 Å². The molecule has 1 aromatic rings. The quantitative estimate of drug-likeness (QED) is 0.658. The molecule has 1 atom stereocenters. The first-order valence-electron chi connectivity index (χ1n) is 6.33. The van der Waals surface area contributed by atoms with Crippen molar-refractivity contribution in [3.05, 3.63) is 29.8 Å². The average Bonchev–Trinajstić information content (AvgIpc) is 2.67. The monoisotopic (exact) mass is 256 g/mol. The summed E-state index contributed by atoms with van der Waals surface area (Å²) in [7, 11) is 0. The SMILES string of the molecule is C#Cc1cccc(NC2CC(=O)N(CCC)C2=O)c1. The molecule has 1 fully saturated rings. The molecule has 0 radical (unpaired) electrons. The van der Waals surface area contributed by atoms with E-state index in [1.807, 2.05) is 25.1 Å². The first-order chi connectivity index (χ1) is 9.15. The van der Waals surface area contributed by atoms with Crippen molar-refractivity contribution in [2.24, 2.45) is 0 Å². The highest BCUT2D eigenvalue weighted by Gasteiger charge is 2.37. The smallest absolute Gasteiger partial charge is 0.252 e. The lowest BCUT2D eigenvalue weighted by Gasteiger charge is -2.15. The van der Waals surface area contributed by atoms with Gasteiger partial charge in [0.05, 0.1) is 6.42 Å². The van der Waals surface area contributed by atoms with Crippen LogP contribution in [0.1, 0.15) is 25.3 Å². The van der Waals surface area contributed by atoms with E-state index >= 15 is 0 Å². The van der Waals surface area contributed by atoms with E-state index in [2.05, 4.69) is 11.2 Å². The Labute approximate surface area is 112 Å². The molecule has 0 bridgehead atoms. The molecule has 2 amide bonds. The van der Waals surface area contributed by atoms with Crippen molar-refractivity contribution < 1.29 is 9.59 Å². The van der Waals surface area contributed by atoms with Gasteiger partial charge in [0.15, 0.2) is 0 Å². The predicted octanol–water partition coefficient (Wildman–Crippen LogP) is 1.62. The van der Waals surface area contributed by atoms with Crippen molar-refractivity contribution in [2.75, 3.05) is 11.9 Å². The second kappa shape index (κ2) is 5.57. The number of rotatable bonds is 4. The Morgan fingerprint density at radius 1 is 1.47 bits per heavy atom. The lowest BCUT2D eigenvalue weighted by atomic mass is 10.2. The Bertz CT molecular complexity index is 545. The summed E-state index contributed by atoms with van der Waals surface area (Å²) in [6.45, 7) is 2.43. The molecular formula is C15H16N2O2. The van der Waals surface area contributed by atoms with Crippen LogP contribution in [0, 0.1) is 12.3 Å². The largest absolute Gasteiger partial charge is 0.373 e. The summed E-state index contributed by atoms with van der Waals surface area (Å²) in [5, 5.41) is 3.08. The predicted molar refractivity (Wildman–Crippen MR) is 73.4 cm³/mol. The van der Waals surface area contributed by atoms with Crippen molar-refractivity contribution >= 4 is 17.5 Å². The number of benzene rings is 1. The van der Waals surface area contributed by atoms with Gasteiger partial charge >= 0.3 is 0 Å². The van der Waals surface area contributed by atoms with Crippen molar-refractivity contribution in [2.45, 2.75) is 25.8 Å². The van der Waals surface area contributed by atoms with Gasteiger partial charge in [-0.2, -0.15) is 0 Å². The Balaban J connectivity index is 2.10. The van der Waals surface area contributed by atoms with Gasteiger partial charge in [-0.15, -0.1) is 6.42 Å². The summed E-state index contributed by atoms with van der Waals surface area (Å²) < 4.78 is 0. The average molecular weight is 256 g/mol. The van der Waals surface area contributed by atoms with Gasteiger partial charge in [-0.3, -0.25) is 14.5 Å². The van der Waals surface area contributed by atoms with Crippen molar-refractivity contribution in [3.8, 4) is 12.3 Å². The number of hydrogen-bond donors (Lipinski definition) is 1. The molecule has 1 heterocycles. The number of likely N-dealkylation sites (tertiary alicyclic amines) is 1. The molecule has 98 valence electrons. The first kappa shape index (κ1) is 13.2. The Morgan fingerprint density at radius 3 is 2.95 bits per heavy atom. The highest BCUT2D eigenvalue weighted by atomic mass is 16.2. The Morgan fingerprint density at radius 2 is 2.26 bits per heavy atom. The molecule has 0 aromatic heterocycles. The molecule has 19 heavy (non-hydrogen) atoms. The molecule has 0 saturated carbocycles. The molecule has 2 rings (SSSR count). The molecular weight excluding hydrogens is 240 g/mol. The van der Waals surface area contributed by atoms with Crippen LogP contribution in [-0.2, 0) is 9.59 Å². The Hall–Kier alpha value is -2.28. The topological polar surface area (TPSA) is 49.4 Å². The zero-order valence-corrected chi connectivity index (χ0v) is 10.8. The van der Waals surface area contributed by atoms with Crippen LogP contribution in [-0.4, -0.2) is 29.3 Å². The van der Waals surface area contributed by atoms with Gasteiger partial charge in [0, 0.05) is 17.8 Å². The summed E-state index contributed by atoms with van der Waals surface area (Å²) in [5.41, 5.74) is 1.51. The van der Waals surface area contributed by atoms with Crippen LogP contribution in [0.25, 0.3) is 0 Å². The van der Waals surface area contributed by atoms with E-state index in [9.17, 15) is 9.59 Å². The molecule has 1 aromatic carbocycles. The molecule has 0 aliphatic carbocycles. The maximum absolute atomic E-state index is 12.1. The van der Waals surface area contributed by atoms with Gasteiger partial charge in [-0.05, 0) is 24.6 Å². The maximum atomic E-state index is 12.1. The maximum Gasteiger partial charge on any atom is 0.252 e. The number of anilines is 1. The van der Waals surface area contributed by atoms with Gasteiger partial charge in [-0.25, -0.2) is 0 Å². The second-order valence-electron chi connectivity index (χ2n) is 4.51. The minimum absolute atomic E-state index is 0.113. The number of amides is 2. The molecule has 4 nitrogen and oxygen atoms in total. The lowest BCUT2D eigenvalue weighted by molar-refractivity contribution is -0.138. The van der Waals surface area contributed by atoms with E-state index in [0.717, 1.165) is 17.7 Å². The third-order valence-electron chi connectivity index (χ3n) is 3.06. The van der Waals surface area contributed by atoms with Crippen LogP contribution in [0.4, 0.5) is 5.69 Å². The number of terminal acetylenes is 1. The molecule has 1 N–H and O–H groups in total. The fourth-order valence-electron chi connectivity index (χ4n) is 2.15. The standard InChI is InChI=1S/C15H16N2O2/c1-3-8-17-14(18)10-13(15(17)19)16-12-7-5-6-11(4-2)9-12/h2,5-7,9,13,16H,3,8,10H2,1H3. The fraction of sp³-hybridized carbons (Fsp3) is 0.333. The van der Waals surface area contributed by atoms with E-state index in [4.69, 9.17) is 6.42 Å². The minimum atomic E-state index is -0.480. The van der Waals surface area contributed by atoms with Crippen LogP contribution < -0.4 is 5.32 Å². The number of hydrogen-bond acceptors (Lipinski definition) is 3. The molecule has 1 saturated heterocycles. The summed E-state index contributed by atoms with van der Waals surface area (Å²) in [5.74, 6) is 2.27. The third kappa shape index (κ3) is 2.76. The molecule has 1 aliphatic rings. The second-order valence-corrected chi connectivity index (χ2v) is 4.51. The summed E-state index contributed by atoms with van der Waals surface area (Å²) in [6, 6.07) is 6.78. The van der Waals surface area contributed by atoms with Gasteiger partial charge in [0.1, 0.15) is 6.04 Å². The van der Waals surface area contributed by atoms with E-state index in [-0.39, 0.29) is 18.2 Å². The van der Waals surface area contributed by atoms with Gasteiger partial charge in [-0.1, -0.05) is 18.9 Å². The first-order valence-corrected chi connectivity index (χ1v) is 6.33. The zero-order chi connectivity index (χ0) is 13.8. The van der Waals surface area contributed by atoms with Crippen molar-refractivity contribution in [1.82, 2.24) is 4.90 Å². The van der Waals surface area contributed by atoms with Crippen LogP contribution >= 0.6 is 0 Å². The van der Waals surface area contributed by atoms with E-state index in [1.54, 1.807) is 6.07 Å². The van der Waals surface area contributed by atoms with Gasteiger partial charge in [0.2, 0.25) is 5.91 Å². The Kier molecular flexibility index (Phi) is 3.86. The summed E-state index contributed by atoms with van der Waals surface area (Å²) in [6.07, 6.45) is 6.31. The number of carbonyl (C=O) groups is 2. The van der Waals surface area contributed by atoms with Crippen molar-refractivity contribution in [1.29, 1.82) is 0 Å². The normalized spacial score (nSPS) is 18.5. The lowest BCUT2D eigenvalue weighted by Crippen LogP contribution is -2.35. The van der Waals surface area contributed by atoms with E-state index in [0.29, 0.717) is 6.54 Å².